The molecule has 0 unspecified atom stereocenters. The summed E-state index contributed by atoms with van der Waals surface area (Å²) in [5.41, 5.74) is 3.56. The van der Waals surface area contributed by atoms with Crippen LogP contribution in [0.25, 0.3) is 10.9 Å². The van der Waals surface area contributed by atoms with Crippen molar-refractivity contribution in [1.82, 2.24) is 9.88 Å². The van der Waals surface area contributed by atoms with E-state index in [0.29, 0.717) is 10.6 Å². The van der Waals surface area contributed by atoms with Gasteiger partial charge in [-0.1, -0.05) is 23.7 Å². The highest BCUT2D eigenvalue weighted by molar-refractivity contribution is 6.31. The van der Waals surface area contributed by atoms with Crippen LogP contribution in [0.4, 0.5) is 5.69 Å². The van der Waals surface area contributed by atoms with Crippen LogP contribution in [0.2, 0.25) is 5.02 Å². The van der Waals surface area contributed by atoms with Crippen LogP contribution in [0.5, 0.6) is 5.88 Å². The van der Waals surface area contributed by atoms with Crippen molar-refractivity contribution < 1.29 is 9.84 Å². The van der Waals surface area contributed by atoms with Crippen molar-refractivity contribution >= 4 is 34.4 Å². The quantitative estimate of drug-likeness (QED) is 0.680. The number of nitrogens with one attached hydrogen (secondary N) is 1. The summed E-state index contributed by atoms with van der Waals surface area (Å²) in [6.45, 7) is 4.49. The maximum absolute atomic E-state index is 10.1. The van der Waals surface area contributed by atoms with E-state index in [0.717, 1.165) is 49.4 Å². The van der Waals surface area contributed by atoms with E-state index in [2.05, 4.69) is 27.0 Å². The van der Waals surface area contributed by atoms with Gasteiger partial charge in [0, 0.05) is 41.8 Å². The fourth-order valence-electron chi connectivity index (χ4n) is 3.15. The Morgan fingerprint density at radius 2 is 1.92 bits per heavy atom. The third kappa shape index (κ3) is 3.75. The Morgan fingerprint density at radius 1 is 1.15 bits per heavy atom. The van der Waals surface area contributed by atoms with Crippen LogP contribution >= 0.6 is 11.6 Å². The van der Waals surface area contributed by atoms with Gasteiger partial charge >= 0.3 is 0 Å². The van der Waals surface area contributed by atoms with E-state index in [9.17, 15) is 5.11 Å². The maximum Gasteiger partial charge on any atom is 0.198 e. The molecule has 0 aliphatic carbocycles. The SMILES string of the molecule is Oc1[nH]c2ccc(Cl)cc2c1C=Nc1ccc(CN2CCOCC2)cc1. The summed E-state index contributed by atoms with van der Waals surface area (Å²) >= 11 is 6.06. The molecule has 0 atom stereocenters. The zero-order valence-corrected chi connectivity index (χ0v) is 15.0. The number of aromatic nitrogens is 1. The second kappa shape index (κ2) is 7.50. The predicted molar refractivity (Wildman–Crippen MR) is 105 cm³/mol. The first-order valence-electron chi connectivity index (χ1n) is 8.62. The Hall–Kier alpha value is -2.34. The normalized spacial score (nSPS) is 15.9. The lowest BCUT2D eigenvalue weighted by Gasteiger charge is -2.26. The third-order valence-corrected chi connectivity index (χ3v) is 4.80. The van der Waals surface area contributed by atoms with Crippen molar-refractivity contribution in [2.45, 2.75) is 6.54 Å². The highest BCUT2D eigenvalue weighted by Gasteiger charge is 2.11. The minimum atomic E-state index is 0.0926. The van der Waals surface area contributed by atoms with Crippen molar-refractivity contribution in [3.05, 3.63) is 58.6 Å². The van der Waals surface area contributed by atoms with Gasteiger partial charge in [-0.05, 0) is 35.9 Å². The van der Waals surface area contributed by atoms with Gasteiger partial charge in [0.2, 0.25) is 0 Å². The number of rotatable bonds is 4. The fourth-order valence-corrected chi connectivity index (χ4v) is 3.32. The Balaban J connectivity index is 1.50. The second-order valence-electron chi connectivity index (χ2n) is 6.39. The van der Waals surface area contributed by atoms with Gasteiger partial charge in [0.1, 0.15) is 0 Å². The number of nitrogens with zero attached hydrogens (tertiary/aromatic N) is 2. The standard InChI is InChI=1S/C20H20ClN3O2/c21-15-3-6-19-17(11-15)18(20(25)23-19)12-22-16-4-1-14(2-5-16)13-24-7-9-26-10-8-24/h1-6,11-12,23,25H,7-10,13H2. The number of aliphatic imine (C=N–C) groups is 1. The van der Waals surface area contributed by atoms with E-state index >= 15 is 0 Å². The molecule has 0 bridgehead atoms. The van der Waals surface area contributed by atoms with E-state index in [-0.39, 0.29) is 5.88 Å². The molecule has 2 heterocycles. The minimum absolute atomic E-state index is 0.0926. The first-order valence-corrected chi connectivity index (χ1v) is 9.00. The largest absolute Gasteiger partial charge is 0.494 e. The molecule has 6 heteroatoms. The number of hydrogen-bond acceptors (Lipinski definition) is 4. The third-order valence-electron chi connectivity index (χ3n) is 4.57. The lowest BCUT2D eigenvalue weighted by atomic mass is 10.1. The van der Waals surface area contributed by atoms with Gasteiger partial charge in [0.25, 0.3) is 0 Å². The molecule has 4 rings (SSSR count). The summed E-state index contributed by atoms with van der Waals surface area (Å²) in [5, 5.41) is 11.6. The molecule has 134 valence electrons. The number of ether oxygens (including phenoxy) is 1. The highest BCUT2D eigenvalue weighted by Crippen LogP contribution is 2.28. The molecule has 3 aromatic rings. The van der Waals surface area contributed by atoms with E-state index in [1.54, 1.807) is 12.3 Å². The second-order valence-corrected chi connectivity index (χ2v) is 6.83. The van der Waals surface area contributed by atoms with Crippen LogP contribution in [0.15, 0.2) is 47.5 Å². The molecule has 1 saturated heterocycles. The van der Waals surface area contributed by atoms with Gasteiger partial charge in [-0.25, -0.2) is 0 Å². The molecule has 2 N–H and O–H groups in total. The Kier molecular flexibility index (Phi) is 4.93. The molecule has 5 nitrogen and oxygen atoms in total. The molecule has 1 aliphatic heterocycles. The molecule has 26 heavy (non-hydrogen) atoms. The van der Waals surface area contributed by atoms with Crippen molar-refractivity contribution in [1.29, 1.82) is 0 Å². The molecule has 2 aromatic carbocycles. The molecule has 1 aliphatic rings. The van der Waals surface area contributed by atoms with Crippen LogP contribution in [-0.2, 0) is 11.3 Å². The minimum Gasteiger partial charge on any atom is -0.494 e. The summed E-state index contributed by atoms with van der Waals surface area (Å²) in [7, 11) is 0. The molecule has 0 saturated carbocycles. The van der Waals surface area contributed by atoms with Crippen LogP contribution in [0, 0.1) is 0 Å². The van der Waals surface area contributed by atoms with Crippen LogP contribution < -0.4 is 0 Å². The topological polar surface area (TPSA) is 60.8 Å². The maximum atomic E-state index is 10.1. The fraction of sp³-hybridized carbons (Fsp3) is 0.250. The number of benzene rings is 2. The van der Waals surface area contributed by atoms with Gasteiger partial charge in [0.05, 0.1) is 24.5 Å². The van der Waals surface area contributed by atoms with E-state index in [4.69, 9.17) is 16.3 Å². The predicted octanol–water partition coefficient (Wildman–Crippen LogP) is 4.11. The van der Waals surface area contributed by atoms with Crippen LogP contribution in [0.3, 0.4) is 0 Å². The Labute approximate surface area is 156 Å². The molecular weight excluding hydrogens is 350 g/mol. The molecule has 1 aromatic heterocycles. The van der Waals surface area contributed by atoms with Gasteiger partial charge in [0.15, 0.2) is 5.88 Å². The zero-order chi connectivity index (χ0) is 17.9. The number of morpholine rings is 1. The van der Waals surface area contributed by atoms with Gasteiger partial charge < -0.3 is 14.8 Å². The van der Waals surface area contributed by atoms with Gasteiger partial charge in [-0.3, -0.25) is 9.89 Å². The molecule has 0 amide bonds. The molecule has 1 fully saturated rings. The average Bonchev–Trinajstić information content (AvgIpc) is 2.96. The summed E-state index contributed by atoms with van der Waals surface area (Å²) in [6.07, 6.45) is 1.67. The smallest absolute Gasteiger partial charge is 0.198 e. The summed E-state index contributed by atoms with van der Waals surface area (Å²) in [5.74, 6) is 0.0926. The molecule has 0 radical (unpaired) electrons. The van der Waals surface area contributed by atoms with E-state index in [1.807, 2.05) is 24.3 Å². The lowest BCUT2D eigenvalue weighted by molar-refractivity contribution is 0.0342. The molecule has 0 spiro atoms. The first-order chi connectivity index (χ1) is 12.7. The number of aromatic hydroxyl groups is 1. The van der Waals surface area contributed by atoms with E-state index in [1.165, 1.54) is 5.56 Å². The van der Waals surface area contributed by atoms with E-state index < -0.39 is 0 Å². The van der Waals surface area contributed by atoms with Crippen molar-refractivity contribution in [2.75, 3.05) is 26.3 Å². The van der Waals surface area contributed by atoms with Gasteiger partial charge in [-0.2, -0.15) is 0 Å². The Morgan fingerprint density at radius 3 is 2.69 bits per heavy atom. The van der Waals surface area contributed by atoms with Crippen molar-refractivity contribution in [2.24, 2.45) is 4.99 Å². The number of fused-ring (bicyclic) bond motifs is 1. The molecular formula is C20H20ClN3O2. The van der Waals surface area contributed by atoms with Crippen molar-refractivity contribution in [3.63, 3.8) is 0 Å². The first kappa shape index (κ1) is 17.1. The number of H-pyrrole nitrogens is 1. The monoisotopic (exact) mass is 369 g/mol. The highest BCUT2D eigenvalue weighted by atomic mass is 35.5. The van der Waals surface area contributed by atoms with Crippen molar-refractivity contribution in [3.8, 4) is 5.88 Å². The van der Waals surface area contributed by atoms with Crippen LogP contribution in [-0.4, -0.2) is 47.5 Å². The van der Waals surface area contributed by atoms with Crippen LogP contribution in [0.1, 0.15) is 11.1 Å². The average molecular weight is 370 g/mol. The zero-order valence-electron chi connectivity index (χ0n) is 14.3. The van der Waals surface area contributed by atoms with Gasteiger partial charge in [-0.15, -0.1) is 0 Å². The number of hydrogen-bond donors (Lipinski definition) is 2. The number of halogens is 1. The summed E-state index contributed by atoms with van der Waals surface area (Å²) < 4.78 is 5.38. The summed E-state index contributed by atoms with van der Waals surface area (Å²) in [4.78, 5) is 9.82. The Bertz CT molecular complexity index is 928. The lowest BCUT2D eigenvalue weighted by Crippen LogP contribution is -2.35. The summed E-state index contributed by atoms with van der Waals surface area (Å²) in [6, 6.07) is 13.6. The number of aromatic amines is 1.